The van der Waals surface area contributed by atoms with Gasteiger partial charge in [0.25, 0.3) is 0 Å². The Morgan fingerprint density at radius 3 is 2.43 bits per heavy atom. The van der Waals surface area contributed by atoms with Gasteiger partial charge in [-0.05, 0) is 49.6 Å². The number of rotatable bonds is 5. The maximum absolute atomic E-state index is 12.4. The second-order valence-electron chi connectivity index (χ2n) is 5.69. The standard InChI is InChI=1S/C17H19Cl2NO2S/c1-11-4-5-12(2)16(8-11)13(3)20-23(21,22)10-14-6-7-15(18)9-17(14)19/h4-9,13,20H,10H2,1-3H3/t13-/m0/s1. The fraction of sp³-hybridized carbons (Fsp3) is 0.294. The van der Waals surface area contributed by atoms with Gasteiger partial charge in [-0.2, -0.15) is 0 Å². The van der Waals surface area contributed by atoms with E-state index in [1.165, 1.54) is 0 Å². The van der Waals surface area contributed by atoms with E-state index in [0.29, 0.717) is 15.6 Å². The fourth-order valence-electron chi connectivity index (χ4n) is 2.44. The molecule has 0 unspecified atom stereocenters. The molecule has 23 heavy (non-hydrogen) atoms. The first kappa shape index (κ1) is 18.3. The normalized spacial score (nSPS) is 13.1. The van der Waals surface area contributed by atoms with Crippen LogP contribution < -0.4 is 4.72 Å². The molecular formula is C17H19Cl2NO2S. The average molecular weight is 372 g/mol. The van der Waals surface area contributed by atoms with Crippen molar-refractivity contribution in [3.05, 3.63) is 68.7 Å². The maximum Gasteiger partial charge on any atom is 0.216 e. The van der Waals surface area contributed by atoms with Crippen LogP contribution >= 0.6 is 23.2 Å². The van der Waals surface area contributed by atoms with Crippen LogP contribution in [0.5, 0.6) is 0 Å². The van der Waals surface area contributed by atoms with Crippen molar-refractivity contribution < 1.29 is 8.42 Å². The third-order valence-corrected chi connectivity index (χ3v) is 5.61. The number of hydrogen-bond acceptors (Lipinski definition) is 2. The molecule has 0 amide bonds. The Bertz CT molecular complexity index is 819. The lowest BCUT2D eigenvalue weighted by molar-refractivity contribution is 0.565. The van der Waals surface area contributed by atoms with Crippen LogP contribution in [0.25, 0.3) is 0 Å². The van der Waals surface area contributed by atoms with Crippen molar-refractivity contribution in [3.8, 4) is 0 Å². The molecule has 0 aromatic heterocycles. The van der Waals surface area contributed by atoms with E-state index < -0.39 is 10.0 Å². The summed E-state index contributed by atoms with van der Waals surface area (Å²) in [5.74, 6) is -0.182. The van der Waals surface area contributed by atoms with E-state index in [1.54, 1.807) is 18.2 Å². The van der Waals surface area contributed by atoms with Crippen LogP contribution in [0, 0.1) is 13.8 Å². The van der Waals surface area contributed by atoms with E-state index >= 15 is 0 Å². The fourth-order valence-corrected chi connectivity index (χ4v) is 4.41. The van der Waals surface area contributed by atoms with Gasteiger partial charge in [0.15, 0.2) is 0 Å². The Morgan fingerprint density at radius 2 is 1.78 bits per heavy atom. The van der Waals surface area contributed by atoms with Gasteiger partial charge in [-0.1, -0.05) is 53.0 Å². The molecule has 124 valence electrons. The van der Waals surface area contributed by atoms with E-state index in [0.717, 1.165) is 16.7 Å². The van der Waals surface area contributed by atoms with Gasteiger partial charge in [-0.3, -0.25) is 0 Å². The van der Waals surface area contributed by atoms with E-state index in [-0.39, 0.29) is 11.8 Å². The molecule has 0 fully saturated rings. The molecular weight excluding hydrogens is 353 g/mol. The predicted octanol–water partition coefficient (Wildman–Crippen LogP) is 4.79. The molecule has 0 heterocycles. The van der Waals surface area contributed by atoms with E-state index in [4.69, 9.17) is 23.2 Å². The Hall–Kier alpha value is -1.07. The first-order valence-electron chi connectivity index (χ1n) is 7.19. The smallest absolute Gasteiger partial charge is 0.212 e. The number of halogens is 2. The average Bonchev–Trinajstić information content (AvgIpc) is 2.44. The Labute approximate surface area is 147 Å². The summed E-state index contributed by atoms with van der Waals surface area (Å²) in [7, 11) is -3.52. The second kappa shape index (κ2) is 7.22. The molecule has 0 bridgehead atoms. The van der Waals surface area contributed by atoms with Gasteiger partial charge in [0.1, 0.15) is 0 Å². The van der Waals surface area contributed by atoms with Crippen molar-refractivity contribution in [3.63, 3.8) is 0 Å². The van der Waals surface area contributed by atoms with Crippen molar-refractivity contribution in [1.29, 1.82) is 0 Å². The molecule has 0 spiro atoms. The molecule has 2 rings (SSSR count). The lowest BCUT2D eigenvalue weighted by Gasteiger charge is -2.18. The van der Waals surface area contributed by atoms with Gasteiger partial charge in [-0.15, -0.1) is 0 Å². The number of benzene rings is 2. The Kier molecular flexibility index (Phi) is 5.74. The molecule has 0 aliphatic carbocycles. The third kappa shape index (κ3) is 4.95. The second-order valence-corrected chi connectivity index (χ2v) is 8.29. The van der Waals surface area contributed by atoms with Gasteiger partial charge in [0.2, 0.25) is 10.0 Å². The van der Waals surface area contributed by atoms with Crippen molar-refractivity contribution >= 4 is 33.2 Å². The summed E-state index contributed by atoms with van der Waals surface area (Å²) in [4.78, 5) is 0. The van der Waals surface area contributed by atoms with Crippen molar-refractivity contribution in [2.24, 2.45) is 0 Å². The molecule has 2 aromatic carbocycles. The number of hydrogen-bond donors (Lipinski definition) is 1. The zero-order chi connectivity index (χ0) is 17.2. The molecule has 0 radical (unpaired) electrons. The number of nitrogens with one attached hydrogen (secondary N) is 1. The van der Waals surface area contributed by atoms with Gasteiger partial charge < -0.3 is 0 Å². The third-order valence-electron chi connectivity index (χ3n) is 3.62. The molecule has 6 heteroatoms. The van der Waals surface area contributed by atoms with Crippen molar-refractivity contribution in [2.75, 3.05) is 0 Å². The molecule has 3 nitrogen and oxygen atoms in total. The molecule has 2 aromatic rings. The zero-order valence-corrected chi connectivity index (χ0v) is 15.6. The predicted molar refractivity (Wildman–Crippen MR) is 96.6 cm³/mol. The highest BCUT2D eigenvalue weighted by Gasteiger charge is 2.19. The highest BCUT2D eigenvalue weighted by Crippen LogP contribution is 2.24. The summed E-state index contributed by atoms with van der Waals surface area (Å²) in [5, 5.41) is 0.829. The summed E-state index contributed by atoms with van der Waals surface area (Å²) in [6.07, 6.45) is 0. The first-order valence-corrected chi connectivity index (χ1v) is 9.60. The van der Waals surface area contributed by atoms with Crippen molar-refractivity contribution in [2.45, 2.75) is 32.6 Å². The molecule has 0 aliphatic heterocycles. The van der Waals surface area contributed by atoms with E-state index in [2.05, 4.69) is 4.72 Å². The highest BCUT2D eigenvalue weighted by atomic mass is 35.5. The summed E-state index contributed by atoms with van der Waals surface area (Å²) < 4.78 is 27.5. The van der Waals surface area contributed by atoms with Gasteiger partial charge in [0.05, 0.1) is 5.75 Å². The Morgan fingerprint density at radius 1 is 1.09 bits per heavy atom. The molecule has 1 N–H and O–H groups in total. The molecule has 0 aliphatic rings. The van der Waals surface area contributed by atoms with Crippen LogP contribution in [0.1, 0.15) is 35.2 Å². The SMILES string of the molecule is Cc1ccc(C)c([C@H](C)NS(=O)(=O)Cc2ccc(Cl)cc2Cl)c1. The van der Waals surface area contributed by atoms with E-state index in [9.17, 15) is 8.42 Å². The van der Waals surface area contributed by atoms with Crippen LogP contribution in [0.4, 0.5) is 0 Å². The molecule has 0 saturated carbocycles. The summed E-state index contributed by atoms with van der Waals surface area (Å²) in [5.41, 5.74) is 3.64. The topological polar surface area (TPSA) is 46.2 Å². The van der Waals surface area contributed by atoms with Gasteiger partial charge in [-0.25, -0.2) is 13.1 Å². The number of aryl methyl sites for hydroxylation is 2. The first-order chi connectivity index (χ1) is 10.7. The molecule has 0 saturated heterocycles. The van der Waals surface area contributed by atoms with Crippen LogP contribution in [-0.2, 0) is 15.8 Å². The van der Waals surface area contributed by atoms with Crippen LogP contribution in [0.15, 0.2) is 36.4 Å². The van der Waals surface area contributed by atoms with Crippen LogP contribution in [0.2, 0.25) is 10.0 Å². The van der Waals surface area contributed by atoms with Crippen molar-refractivity contribution in [1.82, 2.24) is 4.72 Å². The lowest BCUT2D eigenvalue weighted by Crippen LogP contribution is -2.28. The Balaban J connectivity index is 2.19. The monoisotopic (exact) mass is 371 g/mol. The van der Waals surface area contributed by atoms with E-state index in [1.807, 2.05) is 39.0 Å². The summed E-state index contributed by atoms with van der Waals surface area (Å²) >= 11 is 11.9. The quantitative estimate of drug-likeness (QED) is 0.820. The minimum absolute atomic E-state index is 0.182. The summed E-state index contributed by atoms with van der Waals surface area (Å²) in [6, 6.07) is 10.5. The van der Waals surface area contributed by atoms with Gasteiger partial charge in [0, 0.05) is 16.1 Å². The zero-order valence-electron chi connectivity index (χ0n) is 13.2. The maximum atomic E-state index is 12.4. The van der Waals surface area contributed by atoms with Crippen LogP contribution in [0.3, 0.4) is 0 Å². The minimum Gasteiger partial charge on any atom is -0.212 e. The largest absolute Gasteiger partial charge is 0.216 e. The highest BCUT2D eigenvalue weighted by molar-refractivity contribution is 7.88. The minimum atomic E-state index is -3.52. The lowest BCUT2D eigenvalue weighted by atomic mass is 10.0. The summed E-state index contributed by atoms with van der Waals surface area (Å²) in [6.45, 7) is 5.79. The molecule has 1 atom stereocenters. The van der Waals surface area contributed by atoms with Gasteiger partial charge >= 0.3 is 0 Å². The van der Waals surface area contributed by atoms with Crippen LogP contribution in [-0.4, -0.2) is 8.42 Å². The number of sulfonamides is 1.